The lowest BCUT2D eigenvalue weighted by molar-refractivity contribution is 0.431. The highest BCUT2D eigenvalue weighted by Gasteiger charge is 2.29. The van der Waals surface area contributed by atoms with E-state index in [4.69, 9.17) is 0 Å². The maximum atomic E-state index is 4.41. The van der Waals surface area contributed by atoms with Gasteiger partial charge in [0.2, 0.25) is 5.95 Å². The third kappa shape index (κ3) is 2.77. The fraction of sp³-hybridized carbons (Fsp3) is 0.222. The third-order valence-electron chi connectivity index (χ3n) is 4.37. The summed E-state index contributed by atoms with van der Waals surface area (Å²) in [6, 6.07) is 17.6. The number of benzene rings is 2. The molecule has 1 N–H and O–H groups in total. The van der Waals surface area contributed by atoms with Crippen LogP contribution < -0.4 is 5.32 Å². The van der Waals surface area contributed by atoms with Gasteiger partial charge in [-0.25, -0.2) is 4.68 Å². The van der Waals surface area contributed by atoms with Crippen molar-refractivity contribution in [2.75, 3.05) is 5.32 Å². The molecule has 0 saturated carbocycles. The van der Waals surface area contributed by atoms with Crippen LogP contribution in [0.5, 0.6) is 0 Å². The van der Waals surface area contributed by atoms with Crippen molar-refractivity contribution in [2.45, 2.75) is 25.4 Å². The predicted octanol–water partition coefficient (Wildman–Crippen LogP) is 4.50. The molecular formula is C18H17BrN4. The Morgan fingerprint density at radius 2 is 1.74 bits per heavy atom. The average Bonchev–Trinajstić information content (AvgIpc) is 3.04. The number of fused-ring (bicyclic) bond motifs is 1. The Kier molecular flexibility index (Phi) is 3.65. The van der Waals surface area contributed by atoms with E-state index < -0.39 is 0 Å². The molecule has 0 radical (unpaired) electrons. The van der Waals surface area contributed by atoms with Crippen LogP contribution in [0.15, 0.2) is 59.3 Å². The molecule has 116 valence electrons. The first-order chi connectivity index (χ1) is 11.2. The van der Waals surface area contributed by atoms with Crippen LogP contribution in [0, 0.1) is 6.92 Å². The number of anilines is 1. The molecule has 0 amide bonds. The Hall–Kier alpha value is -2.14. The van der Waals surface area contributed by atoms with Crippen LogP contribution in [0.3, 0.4) is 0 Å². The van der Waals surface area contributed by atoms with Gasteiger partial charge in [-0.05, 0) is 36.6 Å². The molecule has 2 heterocycles. The van der Waals surface area contributed by atoms with E-state index in [1.165, 1.54) is 16.7 Å². The summed E-state index contributed by atoms with van der Waals surface area (Å²) in [5, 5.41) is 7.91. The minimum atomic E-state index is 0.197. The van der Waals surface area contributed by atoms with Crippen LogP contribution in [-0.2, 0) is 0 Å². The van der Waals surface area contributed by atoms with E-state index in [9.17, 15) is 0 Å². The molecule has 1 aliphatic rings. The van der Waals surface area contributed by atoms with Gasteiger partial charge in [-0.15, -0.1) is 0 Å². The van der Waals surface area contributed by atoms with E-state index in [1.807, 2.05) is 4.68 Å². The first-order valence-electron chi connectivity index (χ1n) is 7.69. The molecule has 4 rings (SSSR count). The standard InChI is InChI=1S/C18H17BrN4/c1-12-2-4-14(5-3-12)17-10-16(13-6-8-15(19)9-7-13)22-18-20-11-21-23(17)18/h2-9,11,16-17H,10H2,1H3,(H,20,21,22)/t16-,17-/m1/s1. The van der Waals surface area contributed by atoms with Gasteiger partial charge in [-0.3, -0.25) is 0 Å². The molecule has 1 aliphatic heterocycles. The normalized spacial score (nSPS) is 19.9. The van der Waals surface area contributed by atoms with Gasteiger partial charge < -0.3 is 5.32 Å². The number of hydrogen-bond acceptors (Lipinski definition) is 3. The smallest absolute Gasteiger partial charge is 0.222 e. The van der Waals surface area contributed by atoms with Crippen LogP contribution in [0.1, 0.15) is 35.2 Å². The van der Waals surface area contributed by atoms with Crippen LogP contribution in [0.4, 0.5) is 5.95 Å². The van der Waals surface area contributed by atoms with Gasteiger partial charge in [-0.1, -0.05) is 57.9 Å². The molecule has 23 heavy (non-hydrogen) atoms. The summed E-state index contributed by atoms with van der Waals surface area (Å²) >= 11 is 3.50. The van der Waals surface area contributed by atoms with Crippen molar-refractivity contribution in [3.05, 3.63) is 76.0 Å². The van der Waals surface area contributed by atoms with Crippen LogP contribution in [0.25, 0.3) is 0 Å². The van der Waals surface area contributed by atoms with Gasteiger partial charge in [0.1, 0.15) is 6.33 Å². The molecular weight excluding hydrogens is 352 g/mol. The Labute approximate surface area is 143 Å². The van der Waals surface area contributed by atoms with Gasteiger partial charge in [0.15, 0.2) is 0 Å². The molecule has 4 nitrogen and oxygen atoms in total. The van der Waals surface area contributed by atoms with E-state index in [0.29, 0.717) is 0 Å². The number of nitrogens with one attached hydrogen (secondary N) is 1. The SMILES string of the molecule is Cc1ccc([C@H]2C[C@H](c3ccc(Br)cc3)Nc3ncnn32)cc1. The molecule has 0 unspecified atom stereocenters. The number of aryl methyl sites for hydroxylation is 1. The third-order valence-corrected chi connectivity index (χ3v) is 4.89. The lowest BCUT2D eigenvalue weighted by atomic mass is 9.93. The molecule has 2 atom stereocenters. The quantitative estimate of drug-likeness (QED) is 0.724. The van der Waals surface area contributed by atoms with Crippen molar-refractivity contribution in [1.82, 2.24) is 14.8 Å². The number of nitrogens with zero attached hydrogens (tertiary/aromatic N) is 3. The van der Waals surface area contributed by atoms with E-state index in [-0.39, 0.29) is 12.1 Å². The summed E-state index contributed by atoms with van der Waals surface area (Å²) in [5.41, 5.74) is 3.80. The summed E-state index contributed by atoms with van der Waals surface area (Å²) in [6.07, 6.45) is 2.56. The predicted molar refractivity (Wildman–Crippen MR) is 94.5 cm³/mol. The molecule has 3 aromatic rings. The zero-order valence-electron chi connectivity index (χ0n) is 12.8. The Morgan fingerprint density at radius 1 is 1.04 bits per heavy atom. The van der Waals surface area contributed by atoms with Gasteiger partial charge in [0.25, 0.3) is 0 Å². The summed E-state index contributed by atoms with van der Waals surface area (Å²) in [7, 11) is 0. The van der Waals surface area contributed by atoms with Crippen molar-refractivity contribution < 1.29 is 0 Å². The maximum Gasteiger partial charge on any atom is 0.222 e. The highest BCUT2D eigenvalue weighted by Crippen LogP contribution is 2.37. The lowest BCUT2D eigenvalue weighted by Crippen LogP contribution is -2.28. The van der Waals surface area contributed by atoms with E-state index in [0.717, 1.165) is 16.8 Å². The van der Waals surface area contributed by atoms with Crippen molar-refractivity contribution in [3.8, 4) is 0 Å². The van der Waals surface area contributed by atoms with Crippen molar-refractivity contribution in [2.24, 2.45) is 0 Å². The molecule has 0 saturated heterocycles. The summed E-state index contributed by atoms with van der Waals surface area (Å²) < 4.78 is 3.08. The van der Waals surface area contributed by atoms with Crippen LogP contribution in [-0.4, -0.2) is 14.8 Å². The molecule has 5 heteroatoms. The molecule has 2 aromatic carbocycles. The second kappa shape index (κ2) is 5.81. The van der Waals surface area contributed by atoms with E-state index in [1.54, 1.807) is 6.33 Å². The largest absolute Gasteiger partial charge is 0.348 e. The van der Waals surface area contributed by atoms with Crippen molar-refractivity contribution in [3.63, 3.8) is 0 Å². The van der Waals surface area contributed by atoms with Crippen LogP contribution in [0.2, 0.25) is 0 Å². The Bertz CT molecular complexity index is 808. The monoisotopic (exact) mass is 368 g/mol. The van der Waals surface area contributed by atoms with Gasteiger partial charge in [-0.2, -0.15) is 10.1 Å². The second-order valence-electron chi connectivity index (χ2n) is 5.94. The maximum absolute atomic E-state index is 4.41. The topological polar surface area (TPSA) is 42.7 Å². The highest BCUT2D eigenvalue weighted by molar-refractivity contribution is 9.10. The summed E-state index contributed by atoms with van der Waals surface area (Å²) in [6.45, 7) is 2.11. The zero-order valence-corrected chi connectivity index (χ0v) is 14.4. The fourth-order valence-corrected chi connectivity index (χ4v) is 3.36. The summed E-state index contributed by atoms with van der Waals surface area (Å²) in [4.78, 5) is 4.37. The van der Waals surface area contributed by atoms with Crippen LogP contribution >= 0.6 is 15.9 Å². The number of halogens is 1. The highest BCUT2D eigenvalue weighted by atomic mass is 79.9. The second-order valence-corrected chi connectivity index (χ2v) is 6.85. The molecule has 0 spiro atoms. The summed E-state index contributed by atoms with van der Waals surface area (Å²) in [5.74, 6) is 0.828. The lowest BCUT2D eigenvalue weighted by Gasteiger charge is -2.32. The molecule has 1 aromatic heterocycles. The minimum absolute atomic E-state index is 0.197. The van der Waals surface area contributed by atoms with Crippen molar-refractivity contribution >= 4 is 21.9 Å². The first kappa shape index (κ1) is 14.5. The average molecular weight is 369 g/mol. The number of hydrogen-bond donors (Lipinski definition) is 1. The Morgan fingerprint density at radius 3 is 2.48 bits per heavy atom. The van der Waals surface area contributed by atoms with Gasteiger partial charge >= 0.3 is 0 Å². The molecule has 0 bridgehead atoms. The number of aromatic nitrogens is 3. The van der Waals surface area contributed by atoms with Gasteiger partial charge in [0.05, 0.1) is 12.1 Å². The minimum Gasteiger partial charge on any atom is -0.348 e. The first-order valence-corrected chi connectivity index (χ1v) is 8.48. The zero-order chi connectivity index (χ0) is 15.8. The van der Waals surface area contributed by atoms with Gasteiger partial charge in [0, 0.05) is 4.47 Å². The fourth-order valence-electron chi connectivity index (χ4n) is 3.10. The van der Waals surface area contributed by atoms with E-state index in [2.05, 4.69) is 86.8 Å². The molecule has 0 fully saturated rings. The van der Waals surface area contributed by atoms with E-state index >= 15 is 0 Å². The van der Waals surface area contributed by atoms with Crippen molar-refractivity contribution in [1.29, 1.82) is 0 Å². The number of rotatable bonds is 2. The Balaban J connectivity index is 1.71. The molecule has 0 aliphatic carbocycles.